The molecule has 0 fully saturated rings. The van der Waals surface area contributed by atoms with Gasteiger partial charge in [0.15, 0.2) is 5.82 Å². The maximum absolute atomic E-state index is 5.37. The average Bonchev–Trinajstić information content (AvgIpc) is 2.77. The third kappa shape index (κ3) is 3.74. The van der Waals surface area contributed by atoms with Crippen LogP contribution in [0.3, 0.4) is 0 Å². The highest BCUT2D eigenvalue weighted by molar-refractivity contribution is 5.83. The van der Waals surface area contributed by atoms with Gasteiger partial charge in [0.2, 0.25) is 0 Å². The molecule has 140 valence electrons. The zero-order valence-electron chi connectivity index (χ0n) is 15.8. The summed E-state index contributed by atoms with van der Waals surface area (Å²) in [5, 5.41) is 3.44. The molecule has 4 aromatic rings. The van der Waals surface area contributed by atoms with Crippen LogP contribution in [0.1, 0.15) is 5.56 Å². The first-order chi connectivity index (χ1) is 13.8. The van der Waals surface area contributed by atoms with Gasteiger partial charge < -0.3 is 14.8 Å². The van der Waals surface area contributed by atoms with Gasteiger partial charge in [-0.2, -0.15) is 0 Å². The minimum Gasteiger partial charge on any atom is -0.497 e. The van der Waals surface area contributed by atoms with E-state index in [-0.39, 0.29) is 0 Å². The van der Waals surface area contributed by atoms with Crippen molar-refractivity contribution in [1.82, 2.24) is 9.97 Å². The van der Waals surface area contributed by atoms with Crippen LogP contribution in [0.2, 0.25) is 0 Å². The Hall–Kier alpha value is -3.60. The zero-order valence-corrected chi connectivity index (χ0v) is 15.8. The lowest BCUT2D eigenvalue weighted by Crippen LogP contribution is -2.05. The van der Waals surface area contributed by atoms with Gasteiger partial charge in [0.25, 0.3) is 0 Å². The van der Waals surface area contributed by atoms with Crippen molar-refractivity contribution in [2.45, 2.75) is 6.54 Å². The van der Waals surface area contributed by atoms with Gasteiger partial charge in [0.05, 0.1) is 25.3 Å². The number of nitrogens with zero attached hydrogens (tertiary/aromatic N) is 2. The van der Waals surface area contributed by atoms with Crippen molar-refractivity contribution in [1.29, 1.82) is 0 Å². The van der Waals surface area contributed by atoms with Crippen molar-refractivity contribution >= 4 is 16.9 Å². The monoisotopic (exact) mass is 371 g/mol. The molecule has 4 rings (SSSR count). The Labute approximate surface area is 164 Å². The van der Waals surface area contributed by atoms with E-state index < -0.39 is 0 Å². The third-order valence-corrected chi connectivity index (χ3v) is 4.53. The summed E-state index contributed by atoms with van der Waals surface area (Å²) in [5.41, 5.74) is 4.59. The van der Waals surface area contributed by atoms with Gasteiger partial charge in [-0.15, -0.1) is 0 Å². The number of nitrogens with one attached hydrogen (secondary N) is 1. The molecule has 0 bridgehead atoms. The van der Waals surface area contributed by atoms with Crippen LogP contribution in [-0.2, 0) is 6.54 Å². The van der Waals surface area contributed by atoms with Gasteiger partial charge in [-0.25, -0.2) is 9.97 Å². The molecule has 0 saturated carbocycles. The Balaban J connectivity index is 1.72. The van der Waals surface area contributed by atoms with E-state index in [4.69, 9.17) is 19.4 Å². The Morgan fingerprint density at radius 1 is 0.750 bits per heavy atom. The van der Waals surface area contributed by atoms with Gasteiger partial charge in [0.1, 0.15) is 17.2 Å². The predicted octanol–water partition coefficient (Wildman–Crippen LogP) is 4.93. The quantitative estimate of drug-likeness (QED) is 0.521. The number of ether oxygens (including phenoxy) is 2. The van der Waals surface area contributed by atoms with Gasteiger partial charge in [-0.1, -0.05) is 36.4 Å². The maximum atomic E-state index is 5.37. The van der Waals surface area contributed by atoms with Gasteiger partial charge in [-0.05, 0) is 42.0 Å². The number of anilines is 1. The molecule has 0 amide bonds. The van der Waals surface area contributed by atoms with Crippen LogP contribution in [0.5, 0.6) is 11.5 Å². The van der Waals surface area contributed by atoms with Crippen molar-refractivity contribution in [3.8, 4) is 22.8 Å². The van der Waals surface area contributed by atoms with Crippen LogP contribution in [0.4, 0.5) is 5.82 Å². The minimum absolute atomic E-state index is 0.633. The molecule has 3 aromatic carbocycles. The van der Waals surface area contributed by atoms with Crippen molar-refractivity contribution < 1.29 is 9.47 Å². The fourth-order valence-corrected chi connectivity index (χ4v) is 3.02. The first kappa shape index (κ1) is 17.8. The SMILES string of the molecule is COc1ccc(CNc2nc3ccccc3nc2-c2cccc(OC)c2)cc1. The normalized spacial score (nSPS) is 10.6. The molecule has 0 spiro atoms. The first-order valence-electron chi connectivity index (χ1n) is 9.05. The molecule has 0 saturated heterocycles. The summed E-state index contributed by atoms with van der Waals surface area (Å²) in [6.45, 7) is 0.633. The number of aromatic nitrogens is 2. The van der Waals surface area contributed by atoms with E-state index in [0.717, 1.165) is 45.2 Å². The number of benzene rings is 3. The molecule has 1 N–H and O–H groups in total. The molecule has 0 radical (unpaired) electrons. The second-order valence-electron chi connectivity index (χ2n) is 6.34. The number of para-hydroxylation sites is 2. The molecule has 1 heterocycles. The molecule has 0 unspecified atom stereocenters. The summed E-state index contributed by atoms with van der Waals surface area (Å²) >= 11 is 0. The Morgan fingerprint density at radius 3 is 2.18 bits per heavy atom. The van der Waals surface area contributed by atoms with Crippen LogP contribution >= 0.6 is 0 Å². The second kappa shape index (κ2) is 7.96. The zero-order chi connectivity index (χ0) is 19.3. The lowest BCUT2D eigenvalue weighted by atomic mass is 10.1. The van der Waals surface area contributed by atoms with Gasteiger partial charge >= 0.3 is 0 Å². The fraction of sp³-hybridized carbons (Fsp3) is 0.130. The molecule has 5 heteroatoms. The molecule has 0 aliphatic heterocycles. The number of methoxy groups -OCH3 is 2. The molecule has 0 aliphatic rings. The molecule has 1 aromatic heterocycles. The molecule has 0 aliphatic carbocycles. The lowest BCUT2D eigenvalue weighted by molar-refractivity contribution is 0.414. The van der Waals surface area contributed by atoms with Crippen LogP contribution in [0.25, 0.3) is 22.3 Å². The standard InChI is InChI=1S/C23H21N3O2/c1-27-18-12-10-16(11-13-18)15-24-23-22(17-6-5-7-19(14-17)28-2)25-20-8-3-4-9-21(20)26-23/h3-14H,15H2,1-2H3,(H,24,26). The lowest BCUT2D eigenvalue weighted by Gasteiger charge is -2.13. The van der Waals surface area contributed by atoms with Crippen LogP contribution in [-0.4, -0.2) is 24.2 Å². The highest BCUT2D eigenvalue weighted by Gasteiger charge is 2.12. The average molecular weight is 371 g/mol. The highest BCUT2D eigenvalue weighted by Crippen LogP contribution is 2.29. The smallest absolute Gasteiger partial charge is 0.153 e. The summed E-state index contributed by atoms with van der Waals surface area (Å²) in [5.74, 6) is 2.36. The van der Waals surface area contributed by atoms with E-state index in [9.17, 15) is 0 Å². The van der Waals surface area contributed by atoms with Crippen molar-refractivity contribution in [3.05, 3.63) is 78.4 Å². The molecule has 5 nitrogen and oxygen atoms in total. The summed E-state index contributed by atoms with van der Waals surface area (Å²) < 4.78 is 10.6. The molecule has 28 heavy (non-hydrogen) atoms. The number of rotatable bonds is 6. The second-order valence-corrected chi connectivity index (χ2v) is 6.34. The van der Waals surface area contributed by atoms with E-state index in [1.165, 1.54) is 0 Å². The van der Waals surface area contributed by atoms with Crippen LogP contribution in [0.15, 0.2) is 72.8 Å². The van der Waals surface area contributed by atoms with E-state index in [1.54, 1.807) is 14.2 Å². The molecular weight excluding hydrogens is 350 g/mol. The Kier molecular flexibility index (Phi) is 5.06. The topological polar surface area (TPSA) is 56.3 Å². The first-order valence-corrected chi connectivity index (χ1v) is 9.05. The number of hydrogen-bond acceptors (Lipinski definition) is 5. The largest absolute Gasteiger partial charge is 0.497 e. The van der Waals surface area contributed by atoms with Crippen LogP contribution < -0.4 is 14.8 Å². The summed E-state index contributed by atoms with van der Waals surface area (Å²) in [6.07, 6.45) is 0. The van der Waals surface area contributed by atoms with E-state index in [2.05, 4.69) is 5.32 Å². The van der Waals surface area contributed by atoms with Crippen molar-refractivity contribution in [3.63, 3.8) is 0 Å². The summed E-state index contributed by atoms with van der Waals surface area (Å²) in [4.78, 5) is 9.68. The molecular formula is C23H21N3O2. The van der Waals surface area contributed by atoms with Crippen LogP contribution in [0, 0.1) is 0 Å². The Morgan fingerprint density at radius 2 is 1.46 bits per heavy atom. The Bertz CT molecular complexity index is 1090. The molecule has 0 atom stereocenters. The minimum atomic E-state index is 0.633. The number of fused-ring (bicyclic) bond motifs is 1. The number of hydrogen-bond donors (Lipinski definition) is 1. The van der Waals surface area contributed by atoms with E-state index in [1.807, 2.05) is 72.8 Å². The summed E-state index contributed by atoms with van der Waals surface area (Å²) in [7, 11) is 3.33. The van der Waals surface area contributed by atoms with E-state index >= 15 is 0 Å². The maximum Gasteiger partial charge on any atom is 0.153 e. The fourth-order valence-electron chi connectivity index (χ4n) is 3.02. The predicted molar refractivity (Wildman–Crippen MR) is 112 cm³/mol. The highest BCUT2D eigenvalue weighted by atomic mass is 16.5. The van der Waals surface area contributed by atoms with Gasteiger partial charge in [0, 0.05) is 12.1 Å². The van der Waals surface area contributed by atoms with E-state index in [0.29, 0.717) is 6.54 Å². The van der Waals surface area contributed by atoms with Crippen molar-refractivity contribution in [2.24, 2.45) is 0 Å². The van der Waals surface area contributed by atoms with Crippen molar-refractivity contribution in [2.75, 3.05) is 19.5 Å². The van der Waals surface area contributed by atoms with Gasteiger partial charge in [-0.3, -0.25) is 0 Å². The third-order valence-electron chi connectivity index (χ3n) is 4.53. The summed E-state index contributed by atoms with van der Waals surface area (Å²) in [6, 6.07) is 23.7.